The molecule has 0 spiro atoms. The van der Waals surface area contributed by atoms with Crippen molar-refractivity contribution in [3.05, 3.63) is 54.1 Å². The van der Waals surface area contributed by atoms with Gasteiger partial charge in [-0.3, -0.25) is 24.0 Å². The number of Topliss-reactive ketones (excluding diaryl/α,β-unsaturated/α-hetero) is 1. The summed E-state index contributed by atoms with van der Waals surface area (Å²) in [6.45, 7) is 10.2. The summed E-state index contributed by atoms with van der Waals surface area (Å²) in [7, 11) is 0. The Labute approximate surface area is 295 Å². The highest BCUT2D eigenvalue weighted by Gasteiger charge is 2.83. The van der Waals surface area contributed by atoms with Gasteiger partial charge in [-0.25, -0.2) is 4.79 Å². The van der Waals surface area contributed by atoms with Gasteiger partial charge in [0.05, 0.1) is 18.6 Å². The summed E-state index contributed by atoms with van der Waals surface area (Å²) in [5, 5.41) is 24.7. The predicted molar refractivity (Wildman–Crippen MR) is 175 cm³/mol. The van der Waals surface area contributed by atoms with Gasteiger partial charge < -0.3 is 38.6 Å². The van der Waals surface area contributed by atoms with Crippen molar-refractivity contribution in [3.8, 4) is 0 Å². The molecule has 276 valence electrons. The van der Waals surface area contributed by atoms with Crippen molar-refractivity contribution >= 4 is 41.7 Å². The Morgan fingerprint density at radius 3 is 2.06 bits per heavy atom. The first-order chi connectivity index (χ1) is 23.9. The van der Waals surface area contributed by atoms with Crippen molar-refractivity contribution in [3.63, 3.8) is 0 Å². The highest BCUT2D eigenvalue weighted by Crippen LogP contribution is 2.67. The monoisotopic (exact) mass is 712 g/mol. The molecule has 4 bridgehead atoms. The molecule has 1 heterocycles. The smallest absolute Gasteiger partial charge is 0.331 e. The summed E-state index contributed by atoms with van der Waals surface area (Å²) in [5.74, 6) is -7.50. The first-order valence-corrected chi connectivity index (χ1v) is 16.7. The fraction of sp³-hybridized carbons (Fsp3) is 0.568. The van der Waals surface area contributed by atoms with E-state index in [1.807, 2.05) is 6.07 Å². The summed E-state index contributed by atoms with van der Waals surface area (Å²) in [5.41, 5.74) is -7.37. The second-order valence-corrected chi connectivity index (χ2v) is 14.2. The Balaban J connectivity index is 1.79. The number of rotatable bonds is 8. The normalized spacial score (nSPS) is 38.5. The van der Waals surface area contributed by atoms with Crippen LogP contribution in [0, 0.1) is 22.7 Å². The molecule has 5 rings (SSSR count). The first-order valence-electron chi connectivity index (χ1n) is 16.7. The molecule has 0 unspecified atom stereocenters. The first kappa shape index (κ1) is 37.8. The Kier molecular flexibility index (Phi) is 10.1. The molecule has 2 N–H and O–H groups in total. The Morgan fingerprint density at radius 1 is 0.902 bits per heavy atom. The second-order valence-electron chi connectivity index (χ2n) is 14.2. The predicted octanol–water partition coefficient (Wildman–Crippen LogP) is 2.02. The molecular weight excluding hydrogens is 668 g/mol. The number of hydrogen-bond donors (Lipinski definition) is 2. The Bertz CT molecular complexity index is 1650. The molecule has 11 atom stereocenters. The summed E-state index contributed by atoms with van der Waals surface area (Å²) in [6.07, 6.45) is -5.96. The fourth-order valence-electron chi connectivity index (χ4n) is 9.06. The van der Waals surface area contributed by atoms with Crippen LogP contribution in [0.1, 0.15) is 59.9 Å². The van der Waals surface area contributed by atoms with E-state index in [4.69, 9.17) is 28.4 Å². The molecule has 1 aliphatic heterocycles. The van der Waals surface area contributed by atoms with E-state index in [0.29, 0.717) is 5.56 Å². The van der Waals surface area contributed by atoms with E-state index >= 15 is 0 Å². The molecule has 14 heteroatoms. The number of ether oxygens (including phenoxy) is 6. The van der Waals surface area contributed by atoms with E-state index in [1.165, 1.54) is 19.1 Å². The topological polar surface area (TPSA) is 198 Å². The molecule has 4 aliphatic rings. The van der Waals surface area contributed by atoms with Crippen molar-refractivity contribution in [2.24, 2.45) is 22.7 Å². The van der Waals surface area contributed by atoms with Gasteiger partial charge in [0, 0.05) is 63.9 Å². The van der Waals surface area contributed by atoms with Gasteiger partial charge in [0.2, 0.25) is 0 Å². The molecule has 1 aromatic rings. The lowest BCUT2D eigenvalue weighted by Crippen LogP contribution is -2.81. The van der Waals surface area contributed by atoms with E-state index in [2.05, 4.69) is 6.58 Å². The molecule has 0 aromatic heterocycles. The van der Waals surface area contributed by atoms with E-state index in [9.17, 15) is 39.0 Å². The third-order valence-electron chi connectivity index (χ3n) is 11.3. The zero-order valence-electron chi connectivity index (χ0n) is 29.4. The van der Waals surface area contributed by atoms with Gasteiger partial charge in [-0.1, -0.05) is 43.8 Å². The minimum absolute atomic E-state index is 0.0626. The third-order valence-corrected chi connectivity index (χ3v) is 11.3. The SMILES string of the molecule is C=C1[C@@H](OC(=O)/C=C/c2ccccc2)C[C@H](OC(C)=O)[C@@]2(CO)[C@@H](OC(C)=O)[C@H](OC(C)=O)[C@]3(O)[C@@]4(C)CO[C@]3(C)C(=O)C[C@H]4[C@@H](OC(C)=O)[C@H]12. The van der Waals surface area contributed by atoms with Gasteiger partial charge in [-0.2, -0.15) is 0 Å². The molecule has 4 fully saturated rings. The number of hydrogen-bond acceptors (Lipinski definition) is 14. The molecule has 1 aromatic carbocycles. The van der Waals surface area contributed by atoms with Crippen molar-refractivity contribution in [1.82, 2.24) is 0 Å². The molecule has 1 saturated heterocycles. The zero-order chi connectivity index (χ0) is 37.7. The second kappa shape index (κ2) is 13.6. The fourth-order valence-corrected chi connectivity index (χ4v) is 9.06. The number of ketones is 1. The van der Waals surface area contributed by atoms with E-state index in [1.54, 1.807) is 31.2 Å². The number of aliphatic hydroxyl groups is 2. The van der Waals surface area contributed by atoms with Crippen molar-refractivity contribution in [2.75, 3.05) is 13.2 Å². The maximum absolute atomic E-state index is 14.1. The van der Waals surface area contributed by atoms with Gasteiger partial charge >= 0.3 is 29.8 Å². The van der Waals surface area contributed by atoms with E-state index in [0.717, 1.165) is 27.7 Å². The van der Waals surface area contributed by atoms with Crippen LogP contribution in [0.4, 0.5) is 0 Å². The van der Waals surface area contributed by atoms with Crippen LogP contribution in [-0.4, -0.2) is 101 Å². The summed E-state index contributed by atoms with van der Waals surface area (Å²) >= 11 is 0. The van der Waals surface area contributed by atoms with Gasteiger partial charge in [0.25, 0.3) is 0 Å². The van der Waals surface area contributed by atoms with Gasteiger partial charge in [0.15, 0.2) is 23.6 Å². The number of carbonyl (C=O) groups is 6. The lowest BCUT2D eigenvalue weighted by molar-refractivity contribution is -0.302. The molecular formula is C37H44O14. The summed E-state index contributed by atoms with van der Waals surface area (Å²) < 4.78 is 35.6. The van der Waals surface area contributed by atoms with E-state index in [-0.39, 0.29) is 25.0 Å². The van der Waals surface area contributed by atoms with Crippen LogP contribution in [0.2, 0.25) is 0 Å². The Hall–Kier alpha value is -4.40. The van der Waals surface area contributed by atoms with Crippen LogP contribution in [0.15, 0.2) is 48.6 Å². The molecule has 14 nitrogen and oxygen atoms in total. The quantitative estimate of drug-likeness (QED) is 0.172. The van der Waals surface area contributed by atoms with Gasteiger partial charge in [0.1, 0.15) is 23.9 Å². The average molecular weight is 713 g/mol. The lowest BCUT2D eigenvalue weighted by Gasteiger charge is -2.65. The third kappa shape index (κ3) is 5.96. The zero-order valence-corrected chi connectivity index (χ0v) is 29.4. The average Bonchev–Trinajstić information content (AvgIpc) is 3.19. The molecule has 0 amide bonds. The van der Waals surface area contributed by atoms with E-state index < -0.39 is 107 Å². The number of esters is 5. The van der Waals surface area contributed by atoms with Crippen molar-refractivity contribution in [2.45, 2.75) is 96.1 Å². The number of benzene rings is 1. The van der Waals surface area contributed by atoms with Crippen LogP contribution in [0.5, 0.6) is 0 Å². The van der Waals surface area contributed by atoms with Gasteiger partial charge in [-0.05, 0) is 24.1 Å². The molecule has 3 aliphatic carbocycles. The van der Waals surface area contributed by atoms with Crippen LogP contribution in [0.25, 0.3) is 6.08 Å². The van der Waals surface area contributed by atoms with Crippen molar-refractivity contribution in [1.29, 1.82) is 0 Å². The van der Waals surface area contributed by atoms with Crippen LogP contribution >= 0.6 is 0 Å². The Morgan fingerprint density at radius 2 is 1.49 bits per heavy atom. The summed E-state index contributed by atoms with van der Waals surface area (Å²) in [4.78, 5) is 79.0. The molecule has 0 radical (unpaired) electrons. The lowest BCUT2D eigenvalue weighted by atomic mass is 9.43. The van der Waals surface area contributed by atoms with Crippen LogP contribution < -0.4 is 0 Å². The number of aliphatic hydroxyl groups excluding tert-OH is 1. The van der Waals surface area contributed by atoms with Crippen molar-refractivity contribution < 1.29 is 67.4 Å². The van der Waals surface area contributed by atoms with Crippen LogP contribution in [0.3, 0.4) is 0 Å². The maximum Gasteiger partial charge on any atom is 0.331 e. The standard InChI is InChI=1S/C37H44O14/c1-19-26(51-29(44)14-13-24-11-9-8-10-12-24)16-28(47-20(2)39)36(17-38)30(19)31(48-21(3)40)25-15-27(43)35(7)37(45,34(25,6)18-46-35)33(50-23(5)42)32(36)49-22(4)41/h8-14,25-26,28,30-33,38,45H,1,15-18H2,2-7H3/b14-13+/t25-,26-,28-,30-,31+,32-,33-,34-,35+,36+,37-/m0/s1. The summed E-state index contributed by atoms with van der Waals surface area (Å²) in [6, 6.07) is 8.93. The maximum atomic E-state index is 14.1. The number of fused-ring (bicyclic) bond motifs is 1. The minimum Gasteiger partial charge on any atom is -0.462 e. The highest BCUT2D eigenvalue weighted by atomic mass is 16.6. The molecule has 51 heavy (non-hydrogen) atoms. The minimum atomic E-state index is -2.47. The highest BCUT2D eigenvalue weighted by molar-refractivity contribution is 5.91. The largest absolute Gasteiger partial charge is 0.462 e. The van der Waals surface area contributed by atoms with Crippen LogP contribution in [-0.2, 0) is 57.2 Å². The molecule has 3 saturated carbocycles. The number of carbonyl (C=O) groups excluding carboxylic acids is 6. The van der Waals surface area contributed by atoms with Gasteiger partial charge in [-0.15, -0.1) is 0 Å².